The number of hydrogen-bond donors (Lipinski definition) is 2. The van der Waals surface area contributed by atoms with Gasteiger partial charge < -0.3 is 10.8 Å². The van der Waals surface area contributed by atoms with Crippen LogP contribution in [0.3, 0.4) is 0 Å². The lowest BCUT2D eigenvalue weighted by Crippen LogP contribution is -2.03. The predicted octanol–water partition coefficient (Wildman–Crippen LogP) is 0.886. The molecule has 0 aliphatic rings. The number of fused-ring (bicyclic) bond motifs is 1. The van der Waals surface area contributed by atoms with E-state index in [1.807, 2.05) is 0 Å². The molecule has 5 heteroatoms. The van der Waals surface area contributed by atoms with Gasteiger partial charge in [0.05, 0.1) is 12.1 Å². The molecule has 1 aromatic heterocycles. The largest absolute Gasteiger partial charge is 0.396 e. The molecule has 0 atom stereocenters. The van der Waals surface area contributed by atoms with Gasteiger partial charge in [0.25, 0.3) is 0 Å². The Balaban J connectivity index is 2.62. The molecule has 0 saturated heterocycles. The maximum atomic E-state index is 12.9. The molecule has 3 N–H and O–H groups in total. The first-order chi connectivity index (χ1) is 7.20. The summed E-state index contributed by atoms with van der Waals surface area (Å²) in [5.41, 5.74) is 6.25. The van der Waals surface area contributed by atoms with E-state index in [0.717, 1.165) is 0 Å². The molecule has 1 aromatic carbocycles. The zero-order valence-electron chi connectivity index (χ0n) is 7.94. The maximum absolute atomic E-state index is 12.9. The molecule has 0 aliphatic carbocycles. The average Bonchev–Trinajstić information content (AvgIpc) is 2.20. The summed E-state index contributed by atoms with van der Waals surface area (Å²) in [6, 6.07) is 4.16. The Labute approximate surface area is 85.6 Å². The lowest BCUT2D eigenvalue weighted by atomic mass is 10.2. The van der Waals surface area contributed by atoms with Gasteiger partial charge in [0.1, 0.15) is 17.5 Å². The van der Waals surface area contributed by atoms with Crippen molar-refractivity contribution in [2.45, 2.75) is 6.42 Å². The summed E-state index contributed by atoms with van der Waals surface area (Å²) in [6.07, 6.45) is 0.345. The Morgan fingerprint density at radius 2 is 2.13 bits per heavy atom. The highest BCUT2D eigenvalue weighted by molar-refractivity contribution is 5.87. The summed E-state index contributed by atoms with van der Waals surface area (Å²) < 4.78 is 12.9. The Morgan fingerprint density at radius 1 is 1.33 bits per heavy atom. The minimum Gasteiger partial charge on any atom is -0.396 e. The predicted molar refractivity (Wildman–Crippen MR) is 54.7 cm³/mol. The van der Waals surface area contributed by atoms with E-state index in [1.54, 1.807) is 6.07 Å². The quantitative estimate of drug-likeness (QED) is 0.767. The summed E-state index contributed by atoms with van der Waals surface area (Å²) in [5, 5.41) is 9.24. The topological polar surface area (TPSA) is 72.0 Å². The van der Waals surface area contributed by atoms with Crippen molar-refractivity contribution < 1.29 is 9.50 Å². The van der Waals surface area contributed by atoms with E-state index in [4.69, 9.17) is 10.8 Å². The molecule has 2 aromatic rings. The third kappa shape index (κ3) is 1.87. The van der Waals surface area contributed by atoms with Gasteiger partial charge in [0.2, 0.25) is 0 Å². The number of hydrogen-bond acceptors (Lipinski definition) is 4. The highest BCUT2D eigenvalue weighted by Gasteiger charge is 2.05. The zero-order chi connectivity index (χ0) is 10.8. The fraction of sp³-hybridized carbons (Fsp3) is 0.200. The Kier molecular flexibility index (Phi) is 2.47. The summed E-state index contributed by atoms with van der Waals surface area (Å²) in [5.74, 6) is 0.338. The molecule has 0 fully saturated rings. The van der Waals surface area contributed by atoms with Crippen LogP contribution in [0.15, 0.2) is 18.2 Å². The molecule has 0 unspecified atom stereocenters. The van der Waals surface area contributed by atoms with Gasteiger partial charge in [-0.2, -0.15) is 0 Å². The first-order valence-electron chi connectivity index (χ1n) is 4.53. The highest BCUT2D eigenvalue weighted by Crippen LogP contribution is 2.18. The van der Waals surface area contributed by atoms with Crippen molar-refractivity contribution in [3.8, 4) is 0 Å². The minimum absolute atomic E-state index is 0.0356. The fourth-order valence-corrected chi connectivity index (χ4v) is 1.39. The van der Waals surface area contributed by atoms with Crippen LogP contribution in [0.25, 0.3) is 10.9 Å². The van der Waals surface area contributed by atoms with Crippen molar-refractivity contribution >= 4 is 16.7 Å². The molecule has 1 heterocycles. The maximum Gasteiger partial charge on any atom is 0.135 e. The lowest BCUT2D eigenvalue weighted by molar-refractivity contribution is 0.297. The number of nitrogens with zero attached hydrogens (tertiary/aromatic N) is 2. The van der Waals surface area contributed by atoms with Crippen LogP contribution in [-0.4, -0.2) is 21.7 Å². The summed E-state index contributed by atoms with van der Waals surface area (Å²) in [7, 11) is 0. The molecule has 4 nitrogen and oxygen atoms in total. The Morgan fingerprint density at radius 3 is 2.87 bits per heavy atom. The number of nitrogen functional groups attached to an aromatic ring is 1. The number of nitrogens with two attached hydrogens (primary N) is 1. The van der Waals surface area contributed by atoms with Gasteiger partial charge in [-0.1, -0.05) is 0 Å². The number of aromatic nitrogens is 2. The van der Waals surface area contributed by atoms with E-state index in [2.05, 4.69) is 9.97 Å². The van der Waals surface area contributed by atoms with Gasteiger partial charge in [-0.05, 0) is 18.2 Å². The van der Waals surface area contributed by atoms with E-state index in [-0.39, 0.29) is 18.2 Å². The van der Waals surface area contributed by atoms with E-state index >= 15 is 0 Å². The molecule has 0 amide bonds. The second-order valence-corrected chi connectivity index (χ2v) is 3.16. The van der Waals surface area contributed by atoms with E-state index in [1.165, 1.54) is 12.1 Å². The normalized spacial score (nSPS) is 10.8. The molecule has 78 valence electrons. The Bertz CT molecular complexity index is 501. The number of benzene rings is 1. The van der Waals surface area contributed by atoms with E-state index in [0.29, 0.717) is 23.1 Å². The van der Waals surface area contributed by atoms with Crippen LogP contribution in [0, 0.1) is 5.82 Å². The molecule has 15 heavy (non-hydrogen) atoms. The van der Waals surface area contributed by atoms with E-state index < -0.39 is 0 Å². The summed E-state index contributed by atoms with van der Waals surface area (Å²) in [4.78, 5) is 8.12. The van der Waals surface area contributed by atoms with Gasteiger partial charge in [-0.3, -0.25) is 0 Å². The average molecular weight is 207 g/mol. The van der Waals surface area contributed by atoms with E-state index in [9.17, 15) is 4.39 Å². The highest BCUT2D eigenvalue weighted by atomic mass is 19.1. The Hall–Kier alpha value is -1.75. The number of halogens is 1. The molecule has 0 bridgehead atoms. The van der Waals surface area contributed by atoms with Crippen molar-refractivity contribution in [1.29, 1.82) is 0 Å². The molecule has 0 spiro atoms. The number of anilines is 1. The van der Waals surface area contributed by atoms with Gasteiger partial charge in [0, 0.05) is 11.8 Å². The van der Waals surface area contributed by atoms with Crippen molar-refractivity contribution in [2.75, 3.05) is 12.3 Å². The first kappa shape index (κ1) is 9.79. The standard InChI is InChI=1S/C10H10FN3O/c11-6-1-2-8-7(5-6)10(12)14-9(13-8)3-4-15/h1-2,5,15H,3-4H2,(H2,12,13,14). The fourth-order valence-electron chi connectivity index (χ4n) is 1.39. The molecule has 2 rings (SSSR count). The third-order valence-electron chi connectivity index (χ3n) is 2.07. The zero-order valence-corrected chi connectivity index (χ0v) is 7.94. The summed E-state index contributed by atoms with van der Waals surface area (Å²) in [6.45, 7) is -0.0356. The first-order valence-corrected chi connectivity index (χ1v) is 4.53. The van der Waals surface area contributed by atoms with Gasteiger partial charge in [-0.15, -0.1) is 0 Å². The van der Waals surface area contributed by atoms with Crippen LogP contribution in [0.2, 0.25) is 0 Å². The molecular weight excluding hydrogens is 197 g/mol. The van der Waals surface area contributed by atoms with Crippen molar-refractivity contribution in [3.63, 3.8) is 0 Å². The molecule has 0 radical (unpaired) electrons. The van der Waals surface area contributed by atoms with Crippen LogP contribution in [0.4, 0.5) is 10.2 Å². The SMILES string of the molecule is Nc1nc(CCO)nc2ccc(F)cc12. The van der Waals surface area contributed by atoms with Crippen LogP contribution in [0.1, 0.15) is 5.82 Å². The van der Waals surface area contributed by atoms with Gasteiger partial charge >= 0.3 is 0 Å². The number of aliphatic hydroxyl groups excluding tert-OH is 1. The third-order valence-corrected chi connectivity index (χ3v) is 2.07. The van der Waals surface area contributed by atoms with Crippen LogP contribution in [-0.2, 0) is 6.42 Å². The van der Waals surface area contributed by atoms with Crippen molar-refractivity contribution in [1.82, 2.24) is 9.97 Å². The van der Waals surface area contributed by atoms with Crippen molar-refractivity contribution in [3.05, 3.63) is 29.8 Å². The minimum atomic E-state index is -0.368. The monoisotopic (exact) mass is 207 g/mol. The van der Waals surface area contributed by atoms with Crippen LogP contribution < -0.4 is 5.73 Å². The van der Waals surface area contributed by atoms with Crippen molar-refractivity contribution in [2.24, 2.45) is 0 Å². The van der Waals surface area contributed by atoms with Crippen LogP contribution >= 0.6 is 0 Å². The van der Waals surface area contributed by atoms with Gasteiger partial charge in [-0.25, -0.2) is 14.4 Å². The number of aliphatic hydroxyl groups is 1. The second kappa shape index (κ2) is 3.78. The lowest BCUT2D eigenvalue weighted by Gasteiger charge is -2.04. The molecule has 0 aliphatic heterocycles. The van der Waals surface area contributed by atoms with Crippen LogP contribution in [0.5, 0.6) is 0 Å². The smallest absolute Gasteiger partial charge is 0.135 e. The number of rotatable bonds is 2. The second-order valence-electron chi connectivity index (χ2n) is 3.16. The molecule has 0 saturated carbocycles. The molecular formula is C10H10FN3O. The summed E-state index contributed by atoms with van der Waals surface area (Å²) >= 11 is 0. The van der Waals surface area contributed by atoms with Gasteiger partial charge in [0.15, 0.2) is 0 Å².